The number of rotatable bonds is 2. The van der Waals surface area contributed by atoms with Gasteiger partial charge in [0.15, 0.2) is 0 Å². The molecule has 0 aromatic carbocycles. The fourth-order valence-electron chi connectivity index (χ4n) is 0.988. The minimum atomic E-state index is 0.116. The molecule has 0 N–H and O–H groups in total. The first kappa shape index (κ1) is 9.40. The molecular formula is C10H14ClN. The predicted molar refractivity (Wildman–Crippen MR) is 54.4 cm³/mol. The SMILES string of the molecule is C/C(=C\c1ccn(C)c1)C(C)Cl. The van der Waals surface area contributed by atoms with Crippen molar-refractivity contribution in [3.8, 4) is 0 Å². The molecule has 0 fully saturated rings. The predicted octanol–water partition coefficient (Wildman–Crippen LogP) is 3.06. The Kier molecular flexibility index (Phi) is 2.99. The minimum absolute atomic E-state index is 0.116. The van der Waals surface area contributed by atoms with E-state index in [1.54, 1.807) is 0 Å². The highest BCUT2D eigenvalue weighted by atomic mass is 35.5. The van der Waals surface area contributed by atoms with Crippen LogP contribution in [0.25, 0.3) is 6.08 Å². The maximum atomic E-state index is 5.91. The number of aromatic nitrogens is 1. The molecule has 0 bridgehead atoms. The normalized spacial score (nSPS) is 14.8. The smallest absolute Gasteiger partial charge is 0.0517 e. The van der Waals surface area contributed by atoms with E-state index in [4.69, 9.17) is 11.6 Å². The Hall–Kier alpha value is -0.690. The van der Waals surface area contributed by atoms with Crippen molar-refractivity contribution in [1.82, 2.24) is 4.57 Å². The van der Waals surface area contributed by atoms with Crippen molar-refractivity contribution in [3.63, 3.8) is 0 Å². The zero-order valence-corrected chi connectivity index (χ0v) is 8.47. The summed E-state index contributed by atoms with van der Waals surface area (Å²) in [7, 11) is 2.01. The van der Waals surface area contributed by atoms with Crippen LogP contribution in [0.2, 0.25) is 0 Å². The molecule has 1 rings (SSSR count). The molecule has 0 aliphatic carbocycles. The topological polar surface area (TPSA) is 4.93 Å². The fourth-order valence-corrected chi connectivity index (χ4v) is 1.05. The van der Waals surface area contributed by atoms with Gasteiger partial charge in [-0.25, -0.2) is 0 Å². The molecule has 1 atom stereocenters. The molecule has 0 saturated heterocycles. The van der Waals surface area contributed by atoms with Gasteiger partial charge >= 0.3 is 0 Å². The van der Waals surface area contributed by atoms with E-state index in [-0.39, 0.29) is 5.38 Å². The summed E-state index contributed by atoms with van der Waals surface area (Å²) in [6.45, 7) is 4.03. The molecule has 1 nitrogen and oxygen atoms in total. The van der Waals surface area contributed by atoms with Crippen LogP contribution in [-0.4, -0.2) is 9.94 Å². The molecule has 0 aliphatic rings. The molecule has 66 valence electrons. The quantitative estimate of drug-likeness (QED) is 0.622. The summed E-state index contributed by atoms with van der Waals surface area (Å²) in [5, 5.41) is 0.116. The van der Waals surface area contributed by atoms with Crippen molar-refractivity contribution in [2.24, 2.45) is 7.05 Å². The molecule has 1 heterocycles. The highest BCUT2D eigenvalue weighted by Crippen LogP contribution is 2.13. The lowest BCUT2D eigenvalue weighted by Gasteiger charge is -2.00. The number of alkyl halides is 1. The van der Waals surface area contributed by atoms with E-state index in [1.807, 2.05) is 31.7 Å². The lowest BCUT2D eigenvalue weighted by Crippen LogP contribution is -1.91. The third-order valence-corrected chi connectivity index (χ3v) is 2.22. The van der Waals surface area contributed by atoms with E-state index in [0.717, 1.165) is 0 Å². The average molecular weight is 184 g/mol. The minimum Gasteiger partial charge on any atom is -0.357 e. The van der Waals surface area contributed by atoms with Crippen molar-refractivity contribution in [3.05, 3.63) is 29.6 Å². The van der Waals surface area contributed by atoms with Crippen molar-refractivity contribution in [2.45, 2.75) is 19.2 Å². The van der Waals surface area contributed by atoms with Gasteiger partial charge in [0.05, 0.1) is 5.38 Å². The third-order valence-electron chi connectivity index (χ3n) is 1.88. The lowest BCUT2D eigenvalue weighted by molar-refractivity contribution is 0.927. The lowest BCUT2D eigenvalue weighted by atomic mass is 10.1. The monoisotopic (exact) mass is 183 g/mol. The Morgan fingerprint density at radius 3 is 2.75 bits per heavy atom. The summed E-state index contributed by atoms with van der Waals surface area (Å²) < 4.78 is 2.03. The summed E-state index contributed by atoms with van der Waals surface area (Å²) in [5.41, 5.74) is 2.41. The second kappa shape index (κ2) is 3.81. The van der Waals surface area contributed by atoms with Gasteiger partial charge in [-0.2, -0.15) is 0 Å². The molecule has 0 saturated carbocycles. The van der Waals surface area contributed by atoms with Gasteiger partial charge in [0.25, 0.3) is 0 Å². The zero-order chi connectivity index (χ0) is 9.14. The first-order valence-corrected chi connectivity index (χ1v) is 4.47. The Balaban J connectivity index is 2.80. The standard InChI is InChI=1S/C10H14ClN/c1-8(9(2)11)6-10-4-5-12(3)7-10/h4-7,9H,1-3H3/b8-6+. The van der Waals surface area contributed by atoms with E-state index in [9.17, 15) is 0 Å². The molecular weight excluding hydrogens is 170 g/mol. The summed E-state index contributed by atoms with van der Waals surface area (Å²) >= 11 is 5.91. The van der Waals surface area contributed by atoms with Crippen molar-refractivity contribution in [2.75, 3.05) is 0 Å². The molecule has 0 aliphatic heterocycles. The molecule has 0 amide bonds. The summed E-state index contributed by atoms with van der Waals surface area (Å²) in [5.74, 6) is 0. The van der Waals surface area contributed by atoms with Crippen LogP contribution in [0.15, 0.2) is 24.0 Å². The van der Waals surface area contributed by atoms with Crippen molar-refractivity contribution >= 4 is 17.7 Å². The molecule has 2 heteroatoms. The second-order valence-electron chi connectivity index (χ2n) is 3.11. The number of halogens is 1. The maximum Gasteiger partial charge on any atom is 0.0517 e. The molecule has 1 unspecified atom stereocenters. The average Bonchev–Trinajstić information content (AvgIpc) is 2.35. The first-order valence-electron chi connectivity index (χ1n) is 4.04. The number of hydrogen-bond donors (Lipinski definition) is 0. The molecule has 0 spiro atoms. The van der Waals surface area contributed by atoms with Gasteiger partial charge < -0.3 is 4.57 Å². The molecule has 12 heavy (non-hydrogen) atoms. The van der Waals surface area contributed by atoms with Gasteiger partial charge in [0.1, 0.15) is 0 Å². The first-order chi connectivity index (χ1) is 5.59. The van der Waals surface area contributed by atoms with Crippen LogP contribution >= 0.6 is 11.6 Å². The van der Waals surface area contributed by atoms with Gasteiger partial charge in [-0.1, -0.05) is 11.6 Å². The van der Waals surface area contributed by atoms with Crippen molar-refractivity contribution < 1.29 is 0 Å². The van der Waals surface area contributed by atoms with Gasteiger partial charge in [-0.05, 0) is 25.5 Å². The summed E-state index contributed by atoms with van der Waals surface area (Å²) in [6.07, 6.45) is 6.21. The summed E-state index contributed by atoms with van der Waals surface area (Å²) in [4.78, 5) is 0. The maximum absolute atomic E-state index is 5.91. The van der Waals surface area contributed by atoms with Gasteiger partial charge in [0, 0.05) is 19.4 Å². The summed E-state index contributed by atoms with van der Waals surface area (Å²) in [6, 6.07) is 2.07. The van der Waals surface area contributed by atoms with Crippen LogP contribution < -0.4 is 0 Å². The van der Waals surface area contributed by atoms with Crippen LogP contribution in [0.5, 0.6) is 0 Å². The number of hydrogen-bond acceptors (Lipinski definition) is 0. The van der Waals surface area contributed by atoms with Gasteiger partial charge in [-0.15, -0.1) is 11.6 Å². The van der Waals surface area contributed by atoms with Crippen LogP contribution in [0, 0.1) is 0 Å². The third kappa shape index (κ3) is 2.42. The van der Waals surface area contributed by atoms with E-state index < -0.39 is 0 Å². The van der Waals surface area contributed by atoms with Crippen LogP contribution in [0.1, 0.15) is 19.4 Å². The number of nitrogens with zero attached hydrogens (tertiary/aromatic N) is 1. The Labute approximate surface area is 78.7 Å². The fraction of sp³-hybridized carbons (Fsp3) is 0.400. The van der Waals surface area contributed by atoms with Crippen LogP contribution in [0.3, 0.4) is 0 Å². The van der Waals surface area contributed by atoms with E-state index in [2.05, 4.69) is 18.3 Å². The van der Waals surface area contributed by atoms with Gasteiger partial charge in [-0.3, -0.25) is 0 Å². The highest BCUT2D eigenvalue weighted by Gasteiger charge is 1.98. The van der Waals surface area contributed by atoms with E-state index in [0.29, 0.717) is 0 Å². The molecule has 1 aromatic heterocycles. The van der Waals surface area contributed by atoms with Crippen LogP contribution in [-0.2, 0) is 7.05 Å². The Morgan fingerprint density at radius 1 is 1.67 bits per heavy atom. The van der Waals surface area contributed by atoms with Gasteiger partial charge in [0.2, 0.25) is 0 Å². The number of aryl methyl sites for hydroxylation is 1. The van der Waals surface area contributed by atoms with E-state index in [1.165, 1.54) is 11.1 Å². The Bertz CT molecular complexity index is 284. The molecule has 0 radical (unpaired) electrons. The highest BCUT2D eigenvalue weighted by molar-refractivity contribution is 6.22. The Morgan fingerprint density at radius 2 is 2.33 bits per heavy atom. The van der Waals surface area contributed by atoms with E-state index >= 15 is 0 Å². The van der Waals surface area contributed by atoms with Crippen LogP contribution in [0.4, 0.5) is 0 Å². The molecule has 1 aromatic rings. The van der Waals surface area contributed by atoms with Crippen molar-refractivity contribution in [1.29, 1.82) is 0 Å². The second-order valence-corrected chi connectivity index (χ2v) is 3.77. The largest absolute Gasteiger partial charge is 0.357 e. The zero-order valence-electron chi connectivity index (χ0n) is 7.71. The number of allylic oxidation sites excluding steroid dienone is 1.